The van der Waals surface area contributed by atoms with Gasteiger partial charge in [0.05, 0.1) is 23.6 Å². The number of nitrogens with one attached hydrogen (secondary N) is 1. The van der Waals surface area contributed by atoms with E-state index in [1.165, 1.54) is 13.2 Å². The molecule has 1 aliphatic heterocycles. The van der Waals surface area contributed by atoms with Gasteiger partial charge in [0.15, 0.2) is 0 Å². The van der Waals surface area contributed by atoms with Crippen LogP contribution in [0.3, 0.4) is 0 Å². The third-order valence-corrected chi connectivity index (χ3v) is 6.07. The maximum Gasteiger partial charge on any atom is 0.338 e. The molecule has 0 fully saturated rings. The van der Waals surface area contributed by atoms with Crippen LogP contribution in [-0.2, 0) is 4.74 Å². The summed E-state index contributed by atoms with van der Waals surface area (Å²) < 4.78 is 4.89. The SMILES string of the molecule is COC(=O)c1ccc2c(c1C)N[C@H](c1cc([N+](=O)[O-])ccc1Cl)[C@H]1CC=C[C@H]21. The first-order chi connectivity index (χ1) is 13.4. The Balaban J connectivity index is 1.85. The Morgan fingerprint density at radius 2 is 2.07 bits per heavy atom. The van der Waals surface area contributed by atoms with E-state index < -0.39 is 10.9 Å². The van der Waals surface area contributed by atoms with Crippen molar-refractivity contribution >= 4 is 28.9 Å². The van der Waals surface area contributed by atoms with Gasteiger partial charge < -0.3 is 10.1 Å². The van der Waals surface area contributed by atoms with Crippen molar-refractivity contribution in [2.45, 2.75) is 25.3 Å². The van der Waals surface area contributed by atoms with Crippen LogP contribution >= 0.6 is 11.6 Å². The molecule has 0 radical (unpaired) electrons. The molecule has 144 valence electrons. The molecule has 2 aliphatic rings. The van der Waals surface area contributed by atoms with Crippen molar-refractivity contribution in [2.24, 2.45) is 5.92 Å². The summed E-state index contributed by atoms with van der Waals surface area (Å²) in [5.41, 5.74) is 3.98. The highest BCUT2D eigenvalue weighted by Crippen LogP contribution is 2.52. The standard InChI is InChI=1S/C21H19ClN2O4/c1-11-13(21(25)28-2)7-8-16-14-4-3-5-15(14)20(23-19(11)16)17-10-12(24(26)27)6-9-18(17)22/h3-4,6-10,14-15,20,23H,5H2,1-2H3/t14-,15-,20-/m0/s1. The fraction of sp³-hybridized carbons (Fsp3) is 0.286. The summed E-state index contributed by atoms with van der Waals surface area (Å²) in [6, 6.07) is 8.08. The molecule has 0 bridgehead atoms. The van der Waals surface area contributed by atoms with E-state index in [0.29, 0.717) is 16.1 Å². The third kappa shape index (κ3) is 2.85. The van der Waals surface area contributed by atoms with Gasteiger partial charge in [0.1, 0.15) is 0 Å². The largest absolute Gasteiger partial charge is 0.465 e. The number of carbonyl (C=O) groups is 1. The molecule has 7 heteroatoms. The minimum atomic E-state index is -0.415. The first-order valence-electron chi connectivity index (χ1n) is 9.01. The van der Waals surface area contributed by atoms with E-state index in [-0.39, 0.29) is 23.6 Å². The van der Waals surface area contributed by atoms with Crippen molar-refractivity contribution in [3.63, 3.8) is 0 Å². The predicted octanol–water partition coefficient (Wildman–Crippen LogP) is 5.17. The molecular weight excluding hydrogens is 380 g/mol. The quantitative estimate of drug-likeness (QED) is 0.334. The second kappa shape index (κ2) is 6.95. The molecule has 0 amide bonds. The maximum atomic E-state index is 12.1. The van der Waals surface area contributed by atoms with Gasteiger partial charge in [-0.05, 0) is 42.5 Å². The third-order valence-electron chi connectivity index (χ3n) is 5.73. The second-order valence-electron chi connectivity index (χ2n) is 7.13. The highest BCUT2D eigenvalue weighted by Gasteiger charge is 2.40. The molecule has 3 atom stereocenters. The Morgan fingerprint density at radius 3 is 2.79 bits per heavy atom. The van der Waals surface area contributed by atoms with Crippen LogP contribution in [0.4, 0.5) is 11.4 Å². The average Bonchev–Trinajstić information content (AvgIpc) is 3.17. The maximum absolute atomic E-state index is 12.1. The molecule has 2 aromatic rings. The van der Waals surface area contributed by atoms with Crippen LogP contribution in [0.25, 0.3) is 0 Å². The molecule has 1 heterocycles. The molecule has 1 N–H and O–H groups in total. The first-order valence-corrected chi connectivity index (χ1v) is 9.39. The number of non-ortho nitro benzene ring substituents is 1. The van der Waals surface area contributed by atoms with E-state index in [1.807, 2.05) is 13.0 Å². The number of rotatable bonds is 3. The van der Waals surface area contributed by atoms with Crippen molar-refractivity contribution < 1.29 is 14.5 Å². The van der Waals surface area contributed by atoms with Gasteiger partial charge in [-0.1, -0.05) is 29.8 Å². The zero-order valence-corrected chi connectivity index (χ0v) is 16.2. The smallest absolute Gasteiger partial charge is 0.338 e. The van der Waals surface area contributed by atoms with Crippen molar-refractivity contribution in [3.8, 4) is 0 Å². The minimum absolute atomic E-state index is 0.00883. The number of hydrogen-bond acceptors (Lipinski definition) is 5. The van der Waals surface area contributed by atoms with Crippen LogP contribution in [0.15, 0.2) is 42.5 Å². The summed E-state index contributed by atoms with van der Waals surface area (Å²) in [6.07, 6.45) is 5.15. The number of nitrogens with zero attached hydrogens (tertiary/aromatic N) is 1. The molecule has 2 aromatic carbocycles. The van der Waals surface area contributed by atoms with E-state index in [0.717, 1.165) is 23.2 Å². The van der Waals surface area contributed by atoms with Crippen LogP contribution in [0.5, 0.6) is 0 Å². The molecule has 1 aliphatic carbocycles. The van der Waals surface area contributed by atoms with Gasteiger partial charge in [-0.2, -0.15) is 0 Å². The van der Waals surface area contributed by atoms with Gasteiger partial charge in [0.2, 0.25) is 0 Å². The highest BCUT2D eigenvalue weighted by molar-refractivity contribution is 6.31. The number of nitro groups is 1. The lowest BCUT2D eigenvalue weighted by Crippen LogP contribution is -2.30. The normalized spacial score (nSPS) is 22.2. The molecule has 0 unspecified atom stereocenters. The number of benzene rings is 2. The van der Waals surface area contributed by atoms with E-state index >= 15 is 0 Å². The van der Waals surface area contributed by atoms with Gasteiger partial charge in [0.25, 0.3) is 5.69 Å². The summed E-state index contributed by atoms with van der Waals surface area (Å²) in [5.74, 6) is -0.0477. The molecule has 28 heavy (non-hydrogen) atoms. The van der Waals surface area contributed by atoms with E-state index in [9.17, 15) is 14.9 Å². The Kier molecular flexibility index (Phi) is 4.59. The van der Waals surface area contributed by atoms with Gasteiger partial charge in [-0.15, -0.1) is 0 Å². The Hall–Kier alpha value is -2.86. The van der Waals surface area contributed by atoms with Gasteiger partial charge in [-0.3, -0.25) is 10.1 Å². The monoisotopic (exact) mass is 398 g/mol. The summed E-state index contributed by atoms with van der Waals surface area (Å²) >= 11 is 6.44. The van der Waals surface area contributed by atoms with E-state index in [2.05, 4.69) is 17.5 Å². The summed E-state index contributed by atoms with van der Waals surface area (Å²) in [6.45, 7) is 1.88. The molecule has 4 rings (SSSR count). The number of methoxy groups -OCH3 is 1. The highest BCUT2D eigenvalue weighted by atomic mass is 35.5. The molecule has 0 saturated heterocycles. The van der Waals surface area contributed by atoms with Crippen LogP contribution in [0, 0.1) is 23.0 Å². The lowest BCUT2D eigenvalue weighted by molar-refractivity contribution is -0.384. The molecular formula is C21H19ClN2O4. The van der Waals surface area contributed by atoms with Crippen LogP contribution in [0.1, 0.15) is 45.4 Å². The van der Waals surface area contributed by atoms with Crippen molar-refractivity contribution in [1.82, 2.24) is 0 Å². The fourth-order valence-electron chi connectivity index (χ4n) is 4.34. The Labute approximate surface area is 167 Å². The zero-order chi connectivity index (χ0) is 20.0. The van der Waals surface area contributed by atoms with Crippen molar-refractivity contribution in [3.05, 3.63) is 79.9 Å². The van der Waals surface area contributed by atoms with Crippen LogP contribution < -0.4 is 5.32 Å². The fourth-order valence-corrected chi connectivity index (χ4v) is 4.57. The van der Waals surface area contributed by atoms with Crippen molar-refractivity contribution in [1.29, 1.82) is 0 Å². The van der Waals surface area contributed by atoms with Crippen LogP contribution in [0.2, 0.25) is 5.02 Å². The lowest BCUT2D eigenvalue weighted by Gasteiger charge is -2.38. The van der Waals surface area contributed by atoms with Crippen LogP contribution in [-0.4, -0.2) is 18.0 Å². The Bertz CT molecular complexity index is 1020. The first kappa shape index (κ1) is 18.5. The number of halogens is 1. The lowest BCUT2D eigenvalue weighted by atomic mass is 9.76. The summed E-state index contributed by atoms with van der Waals surface area (Å²) in [4.78, 5) is 23.0. The van der Waals surface area contributed by atoms with Gasteiger partial charge in [-0.25, -0.2) is 4.79 Å². The number of nitro benzene ring substituents is 1. The number of carbonyl (C=O) groups excluding carboxylic acids is 1. The number of esters is 1. The molecule has 0 aromatic heterocycles. The predicted molar refractivity (Wildman–Crippen MR) is 107 cm³/mol. The number of hydrogen-bond donors (Lipinski definition) is 1. The summed E-state index contributed by atoms with van der Waals surface area (Å²) in [5, 5.41) is 15.3. The molecule has 0 saturated carbocycles. The number of anilines is 1. The molecule has 0 spiro atoms. The number of fused-ring (bicyclic) bond motifs is 3. The van der Waals surface area contributed by atoms with E-state index in [1.54, 1.807) is 18.2 Å². The Morgan fingerprint density at radius 1 is 1.29 bits per heavy atom. The van der Waals surface area contributed by atoms with Gasteiger partial charge in [0, 0.05) is 34.3 Å². The average molecular weight is 399 g/mol. The van der Waals surface area contributed by atoms with E-state index in [4.69, 9.17) is 16.3 Å². The minimum Gasteiger partial charge on any atom is -0.465 e. The zero-order valence-electron chi connectivity index (χ0n) is 15.4. The second-order valence-corrected chi connectivity index (χ2v) is 7.54. The number of ether oxygens (including phenoxy) is 1. The summed E-state index contributed by atoms with van der Waals surface area (Å²) in [7, 11) is 1.36. The molecule has 6 nitrogen and oxygen atoms in total. The topological polar surface area (TPSA) is 81.5 Å². The van der Waals surface area contributed by atoms with Gasteiger partial charge >= 0.3 is 5.97 Å². The van der Waals surface area contributed by atoms with Crippen molar-refractivity contribution in [2.75, 3.05) is 12.4 Å². The number of allylic oxidation sites excluding steroid dienone is 2.